The van der Waals surface area contributed by atoms with Crippen LogP contribution < -0.4 is 10.1 Å². The number of benzene rings is 1. The first-order valence-electron chi connectivity index (χ1n) is 7.21. The maximum Gasteiger partial charge on any atom is 0.122 e. The largest absolute Gasteiger partial charge is 0.491 e. The van der Waals surface area contributed by atoms with Gasteiger partial charge in [0.2, 0.25) is 0 Å². The standard InChI is InChI=1S/C17H23NO2S.ClH/c1-12-6-7-16(13(2)9-12)20-11-15(19)10-18-14(3)17-5-4-8-21-17;/h4-9,14-15,18-19H,10-11H2,1-3H3;1H. The quantitative estimate of drug-likeness (QED) is 0.803. The minimum atomic E-state index is -0.520. The summed E-state index contributed by atoms with van der Waals surface area (Å²) >= 11 is 1.72. The summed E-state index contributed by atoms with van der Waals surface area (Å²) in [6.07, 6.45) is -0.520. The Morgan fingerprint density at radius 3 is 2.68 bits per heavy atom. The van der Waals surface area contributed by atoms with E-state index in [1.54, 1.807) is 11.3 Å². The third-order valence-electron chi connectivity index (χ3n) is 3.39. The summed E-state index contributed by atoms with van der Waals surface area (Å²) in [6, 6.07) is 10.4. The Kier molecular flexibility index (Phi) is 7.90. The lowest BCUT2D eigenvalue weighted by Gasteiger charge is -2.17. The van der Waals surface area contributed by atoms with Gasteiger partial charge in [-0.1, -0.05) is 23.8 Å². The van der Waals surface area contributed by atoms with Crippen molar-refractivity contribution in [2.45, 2.75) is 32.9 Å². The number of aryl methyl sites for hydroxylation is 2. The molecule has 0 radical (unpaired) electrons. The number of hydrogen-bond acceptors (Lipinski definition) is 4. The number of halogens is 1. The summed E-state index contributed by atoms with van der Waals surface area (Å²) < 4.78 is 5.69. The molecule has 0 bridgehead atoms. The van der Waals surface area contributed by atoms with Gasteiger partial charge in [0.15, 0.2) is 0 Å². The van der Waals surface area contributed by atoms with E-state index in [1.807, 2.05) is 25.1 Å². The van der Waals surface area contributed by atoms with Crippen LogP contribution in [0, 0.1) is 13.8 Å². The monoisotopic (exact) mass is 341 g/mol. The smallest absolute Gasteiger partial charge is 0.122 e. The average Bonchev–Trinajstić information content (AvgIpc) is 2.98. The molecule has 0 amide bonds. The topological polar surface area (TPSA) is 41.5 Å². The second kappa shape index (κ2) is 9.16. The van der Waals surface area contributed by atoms with Gasteiger partial charge in [-0.3, -0.25) is 0 Å². The Morgan fingerprint density at radius 1 is 1.27 bits per heavy atom. The van der Waals surface area contributed by atoms with Crippen LogP contribution in [0.4, 0.5) is 0 Å². The Bertz CT molecular complexity index is 560. The van der Waals surface area contributed by atoms with Crippen molar-refractivity contribution in [3.05, 3.63) is 51.7 Å². The molecule has 2 aromatic rings. The second-order valence-electron chi connectivity index (χ2n) is 5.38. The maximum absolute atomic E-state index is 10.0. The summed E-state index contributed by atoms with van der Waals surface area (Å²) in [5.74, 6) is 0.839. The van der Waals surface area contributed by atoms with Crippen LogP contribution in [0.15, 0.2) is 35.7 Å². The van der Waals surface area contributed by atoms with E-state index in [4.69, 9.17) is 4.74 Å². The van der Waals surface area contributed by atoms with Gasteiger partial charge in [0.25, 0.3) is 0 Å². The van der Waals surface area contributed by atoms with Crippen LogP contribution in [0.25, 0.3) is 0 Å². The lowest BCUT2D eigenvalue weighted by Crippen LogP contribution is -2.32. The third-order valence-corrected chi connectivity index (χ3v) is 4.45. The summed E-state index contributed by atoms with van der Waals surface area (Å²) in [6.45, 7) is 6.99. The number of ether oxygens (including phenoxy) is 1. The summed E-state index contributed by atoms with van der Waals surface area (Å²) in [7, 11) is 0. The van der Waals surface area contributed by atoms with Crippen LogP contribution in [-0.4, -0.2) is 24.4 Å². The van der Waals surface area contributed by atoms with Gasteiger partial charge >= 0.3 is 0 Å². The van der Waals surface area contributed by atoms with Gasteiger partial charge in [-0.25, -0.2) is 0 Å². The van der Waals surface area contributed by atoms with Gasteiger partial charge in [-0.2, -0.15) is 0 Å². The molecule has 0 aliphatic rings. The number of nitrogens with one attached hydrogen (secondary N) is 1. The Labute approximate surface area is 142 Å². The first-order valence-corrected chi connectivity index (χ1v) is 8.09. The van der Waals surface area contributed by atoms with Crippen LogP contribution in [0.5, 0.6) is 5.75 Å². The molecule has 2 rings (SSSR count). The zero-order valence-corrected chi connectivity index (χ0v) is 14.8. The van der Waals surface area contributed by atoms with E-state index in [0.29, 0.717) is 13.2 Å². The van der Waals surface area contributed by atoms with Crippen molar-refractivity contribution in [2.24, 2.45) is 0 Å². The molecule has 1 heterocycles. The van der Waals surface area contributed by atoms with E-state index in [0.717, 1.165) is 11.3 Å². The first kappa shape index (κ1) is 19.0. The molecule has 1 aromatic heterocycles. The molecule has 0 saturated heterocycles. The van der Waals surface area contributed by atoms with Crippen LogP contribution in [-0.2, 0) is 0 Å². The first-order chi connectivity index (χ1) is 10.1. The van der Waals surface area contributed by atoms with E-state index in [9.17, 15) is 5.11 Å². The van der Waals surface area contributed by atoms with Crippen molar-refractivity contribution < 1.29 is 9.84 Å². The Hall–Kier alpha value is -1.07. The normalized spacial score (nSPS) is 13.3. The van der Waals surface area contributed by atoms with Crippen molar-refractivity contribution in [1.82, 2.24) is 5.32 Å². The van der Waals surface area contributed by atoms with Gasteiger partial charge in [0, 0.05) is 17.5 Å². The average molecular weight is 342 g/mol. The fraction of sp³-hybridized carbons (Fsp3) is 0.412. The van der Waals surface area contributed by atoms with Crippen LogP contribution in [0.1, 0.15) is 29.0 Å². The minimum Gasteiger partial charge on any atom is -0.491 e. The predicted molar refractivity (Wildman–Crippen MR) is 95.4 cm³/mol. The van der Waals surface area contributed by atoms with Gasteiger partial charge in [0.05, 0.1) is 0 Å². The number of thiophene rings is 1. The van der Waals surface area contributed by atoms with Gasteiger partial charge < -0.3 is 15.2 Å². The molecule has 5 heteroatoms. The number of hydrogen-bond donors (Lipinski definition) is 2. The highest BCUT2D eigenvalue weighted by atomic mass is 35.5. The fourth-order valence-electron chi connectivity index (χ4n) is 2.16. The van der Waals surface area contributed by atoms with Crippen molar-refractivity contribution in [2.75, 3.05) is 13.2 Å². The molecule has 22 heavy (non-hydrogen) atoms. The lowest BCUT2D eigenvalue weighted by atomic mass is 10.1. The van der Waals surface area contributed by atoms with Crippen LogP contribution in [0.2, 0.25) is 0 Å². The fourth-order valence-corrected chi connectivity index (χ4v) is 2.92. The van der Waals surface area contributed by atoms with Crippen molar-refractivity contribution in [1.29, 1.82) is 0 Å². The lowest BCUT2D eigenvalue weighted by molar-refractivity contribution is 0.104. The predicted octanol–water partition coefficient (Wildman–Crippen LogP) is 3.88. The minimum absolute atomic E-state index is 0. The zero-order chi connectivity index (χ0) is 15.2. The molecule has 3 nitrogen and oxygen atoms in total. The number of aliphatic hydroxyl groups excluding tert-OH is 1. The summed E-state index contributed by atoms with van der Waals surface area (Å²) in [4.78, 5) is 1.28. The van der Waals surface area contributed by atoms with E-state index >= 15 is 0 Å². The number of rotatable bonds is 7. The second-order valence-corrected chi connectivity index (χ2v) is 6.36. The Balaban J connectivity index is 0.00000242. The summed E-state index contributed by atoms with van der Waals surface area (Å²) in [5, 5.41) is 15.4. The molecule has 0 aliphatic carbocycles. The van der Waals surface area contributed by atoms with Crippen LogP contribution in [0.3, 0.4) is 0 Å². The molecule has 2 unspecified atom stereocenters. The Morgan fingerprint density at radius 2 is 2.05 bits per heavy atom. The molecule has 122 valence electrons. The zero-order valence-electron chi connectivity index (χ0n) is 13.2. The molecular weight excluding hydrogens is 318 g/mol. The van der Waals surface area contributed by atoms with E-state index in [1.165, 1.54) is 10.4 Å². The molecular formula is C17H24ClNO2S. The van der Waals surface area contributed by atoms with Crippen molar-refractivity contribution in [3.63, 3.8) is 0 Å². The molecule has 1 aromatic carbocycles. The van der Waals surface area contributed by atoms with Crippen molar-refractivity contribution in [3.8, 4) is 5.75 Å². The third kappa shape index (κ3) is 5.61. The number of aliphatic hydroxyl groups is 1. The molecule has 2 N–H and O–H groups in total. The van der Waals surface area contributed by atoms with E-state index < -0.39 is 6.10 Å². The molecule has 2 atom stereocenters. The van der Waals surface area contributed by atoms with Gasteiger partial charge in [0.1, 0.15) is 18.5 Å². The van der Waals surface area contributed by atoms with Crippen LogP contribution >= 0.6 is 23.7 Å². The van der Waals surface area contributed by atoms with Crippen molar-refractivity contribution >= 4 is 23.7 Å². The van der Waals surface area contributed by atoms with Gasteiger partial charge in [-0.05, 0) is 43.8 Å². The molecule has 0 fully saturated rings. The van der Waals surface area contributed by atoms with E-state index in [2.05, 4.69) is 36.7 Å². The molecule has 0 saturated carbocycles. The molecule has 0 aliphatic heterocycles. The highest BCUT2D eigenvalue weighted by molar-refractivity contribution is 7.10. The maximum atomic E-state index is 10.0. The highest BCUT2D eigenvalue weighted by Crippen LogP contribution is 2.19. The SMILES string of the molecule is Cc1ccc(OCC(O)CNC(C)c2cccs2)c(C)c1.Cl. The van der Waals surface area contributed by atoms with Gasteiger partial charge in [-0.15, -0.1) is 23.7 Å². The highest BCUT2D eigenvalue weighted by Gasteiger charge is 2.10. The van der Waals surface area contributed by atoms with E-state index in [-0.39, 0.29) is 18.4 Å². The molecule has 0 spiro atoms. The summed E-state index contributed by atoms with van der Waals surface area (Å²) in [5.41, 5.74) is 2.31.